The van der Waals surface area contributed by atoms with Crippen LogP contribution in [0.5, 0.6) is 0 Å². The third kappa shape index (κ3) is 2.32. The van der Waals surface area contributed by atoms with Gasteiger partial charge in [-0.3, -0.25) is 4.57 Å². The molecule has 0 spiro atoms. The van der Waals surface area contributed by atoms with E-state index in [4.69, 9.17) is 5.73 Å². The van der Waals surface area contributed by atoms with Gasteiger partial charge in [0.15, 0.2) is 0 Å². The Morgan fingerprint density at radius 2 is 2.24 bits per heavy atom. The van der Waals surface area contributed by atoms with Crippen LogP contribution in [0.1, 0.15) is 12.8 Å². The fourth-order valence-corrected chi connectivity index (χ4v) is 1.51. The lowest BCUT2D eigenvalue weighted by atomic mass is 10.4. The van der Waals surface area contributed by atoms with Crippen LogP contribution in [0.3, 0.4) is 0 Å². The molecule has 1 fully saturated rings. The maximum absolute atomic E-state index is 5.65. The Morgan fingerprint density at radius 1 is 1.35 bits per heavy atom. The van der Waals surface area contributed by atoms with Gasteiger partial charge in [0, 0.05) is 18.9 Å². The van der Waals surface area contributed by atoms with Crippen molar-refractivity contribution in [1.82, 2.24) is 24.5 Å². The minimum atomic E-state index is 0.210. The summed E-state index contributed by atoms with van der Waals surface area (Å²) in [5.74, 6) is 1.97. The number of nitrogens with two attached hydrogens (primary N) is 1. The van der Waals surface area contributed by atoms with Crippen LogP contribution in [0, 0.1) is 5.92 Å². The average Bonchev–Trinajstić information content (AvgIpc) is 2.98. The number of aromatic nitrogens is 5. The number of nitrogens with one attached hydrogen (secondary N) is 1. The molecule has 88 valence electrons. The molecule has 3 N–H and O–H groups in total. The zero-order chi connectivity index (χ0) is 11.7. The van der Waals surface area contributed by atoms with E-state index in [1.165, 1.54) is 12.8 Å². The highest BCUT2D eigenvalue weighted by atomic mass is 15.3. The molecule has 0 atom stereocenters. The van der Waals surface area contributed by atoms with Gasteiger partial charge in [0.05, 0.1) is 0 Å². The first-order chi connectivity index (χ1) is 8.31. The second-order valence-corrected chi connectivity index (χ2v) is 4.11. The van der Waals surface area contributed by atoms with E-state index < -0.39 is 0 Å². The summed E-state index contributed by atoms with van der Waals surface area (Å²) in [7, 11) is 0. The summed E-state index contributed by atoms with van der Waals surface area (Å²) >= 11 is 0. The van der Waals surface area contributed by atoms with E-state index in [1.807, 2.05) is 0 Å². The Balaban J connectivity index is 1.83. The van der Waals surface area contributed by atoms with Gasteiger partial charge in [-0.15, -0.1) is 0 Å². The van der Waals surface area contributed by atoms with Gasteiger partial charge >= 0.3 is 0 Å². The summed E-state index contributed by atoms with van der Waals surface area (Å²) in [6.07, 6.45) is 7.61. The van der Waals surface area contributed by atoms with Crippen LogP contribution in [0.15, 0.2) is 18.7 Å². The molecule has 0 unspecified atom stereocenters. The molecule has 2 aromatic rings. The molecule has 1 aliphatic carbocycles. The molecule has 0 amide bonds. The number of anilines is 2. The van der Waals surface area contributed by atoms with E-state index in [2.05, 4.69) is 25.3 Å². The number of nitrogens with zero attached hydrogens (tertiary/aromatic N) is 5. The van der Waals surface area contributed by atoms with Gasteiger partial charge in [-0.1, -0.05) is 0 Å². The summed E-state index contributed by atoms with van der Waals surface area (Å²) < 4.78 is 1.69. The molecular weight excluding hydrogens is 218 g/mol. The number of imidazole rings is 1. The largest absolute Gasteiger partial charge is 0.368 e. The summed E-state index contributed by atoms with van der Waals surface area (Å²) in [5.41, 5.74) is 5.65. The number of rotatable bonds is 4. The van der Waals surface area contributed by atoms with Crippen molar-refractivity contribution in [3.63, 3.8) is 0 Å². The molecule has 1 saturated carbocycles. The van der Waals surface area contributed by atoms with Crippen molar-refractivity contribution in [3.8, 4) is 5.95 Å². The Kier molecular flexibility index (Phi) is 2.36. The van der Waals surface area contributed by atoms with Crippen molar-refractivity contribution in [2.75, 3.05) is 17.6 Å². The van der Waals surface area contributed by atoms with Crippen molar-refractivity contribution in [1.29, 1.82) is 0 Å². The van der Waals surface area contributed by atoms with E-state index in [9.17, 15) is 0 Å². The van der Waals surface area contributed by atoms with Crippen molar-refractivity contribution < 1.29 is 0 Å². The van der Waals surface area contributed by atoms with Crippen molar-refractivity contribution >= 4 is 11.9 Å². The fourth-order valence-electron chi connectivity index (χ4n) is 1.51. The molecular formula is C10H13N7. The van der Waals surface area contributed by atoms with E-state index in [0.29, 0.717) is 11.9 Å². The average molecular weight is 231 g/mol. The van der Waals surface area contributed by atoms with Crippen molar-refractivity contribution in [2.24, 2.45) is 5.92 Å². The van der Waals surface area contributed by atoms with Gasteiger partial charge in [-0.05, 0) is 18.8 Å². The summed E-state index contributed by atoms with van der Waals surface area (Å²) in [6, 6.07) is 0. The standard InChI is InChI=1S/C10H13N7/c11-8-14-9(13-5-7-1-2-7)16-10(15-8)17-4-3-12-6-17/h3-4,6-7H,1-2,5H2,(H3,11,13,14,15,16). The second kappa shape index (κ2) is 4.00. The van der Waals surface area contributed by atoms with Gasteiger partial charge in [0.1, 0.15) is 6.33 Å². The molecule has 0 bridgehead atoms. The number of nitrogen functional groups attached to an aromatic ring is 1. The van der Waals surface area contributed by atoms with Crippen LogP contribution < -0.4 is 11.1 Å². The first-order valence-electron chi connectivity index (χ1n) is 5.55. The summed E-state index contributed by atoms with van der Waals surface area (Å²) in [6.45, 7) is 0.896. The lowest BCUT2D eigenvalue weighted by Gasteiger charge is -2.06. The number of hydrogen-bond acceptors (Lipinski definition) is 6. The predicted octanol–water partition coefficient (Wildman–Crippen LogP) is 0.461. The lowest BCUT2D eigenvalue weighted by molar-refractivity contribution is 0.852. The molecule has 0 aliphatic heterocycles. The maximum Gasteiger partial charge on any atom is 0.241 e. The van der Waals surface area contributed by atoms with E-state index in [0.717, 1.165) is 12.5 Å². The van der Waals surface area contributed by atoms with Gasteiger partial charge in [-0.2, -0.15) is 15.0 Å². The van der Waals surface area contributed by atoms with E-state index >= 15 is 0 Å². The topological polar surface area (TPSA) is 94.5 Å². The van der Waals surface area contributed by atoms with Crippen LogP contribution in [0.4, 0.5) is 11.9 Å². The smallest absolute Gasteiger partial charge is 0.241 e. The van der Waals surface area contributed by atoms with Crippen LogP contribution in [-0.2, 0) is 0 Å². The molecule has 17 heavy (non-hydrogen) atoms. The fraction of sp³-hybridized carbons (Fsp3) is 0.400. The SMILES string of the molecule is Nc1nc(NCC2CC2)nc(-n2ccnc2)n1. The maximum atomic E-state index is 5.65. The molecule has 0 radical (unpaired) electrons. The van der Waals surface area contributed by atoms with E-state index in [-0.39, 0.29) is 5.95 Å². The molecule has 1 aliphatic rings. The minimum absolute atomic E-state index is 0.210. The van der Waals surface area contributed by atoms with Crippen LogP contribution >= 0.6 is 0 Å². The lowest BCUT2D eigenvalue weighted by Crippen LogP contribution is -2.12. The van der Waals surface area contributed by atoms with Gasteiger partial charge < -0.3 is 11.1 Å². The van der Waals surface area contributed by atoms with Gasteiger partial charge in [-0.25, -0.2) is 4.98 Å². The zero-order valence-corrected chi connectivity index (χ0v) is 9.24. The molecule has 0 aromatic carbocycles. The highest BCUT2D eigenvalue weighted by molar-refractivity contribution is 5.35. The molecule has 0 saturated heterocycles. The van der Waals surface area contributed by atoms with Crippen LogP contribution in [0.25, 0.3) is 5.95 Å². The van der Waals surface area contributed by atoms with Gasteiger partial charge in [0.2, 0.25) is 17.8 Å². The Hall–Kier alpha value is -2.18. The molecule has 7 heteroatoms. The summed E-state index contributed by atoms with van der Waals surface area (Å²) in [4.78, 5) is 16.3. The van der Waals surface area contributed by atoms with Gasteiger partial charge in [0.25, 0.3) is 0 Å². The molecule has 2 heterocycles. The first-order valence-corrected chi connectivity index (χ1v) is 5.55. The minimum Gasteiger partial charge on any atom is -0.368 e. The second-order valence-electron chi connectivity index (χ2n) is 4.11. The molecule has 3 rings (SSSR count). The quantitative estimate of drug-likeness (QED) is 0.793. The highest BCUT2D eigenvalue weighted by Crippen LogP contribution is 2.28. The van der Waals surface area contributed by atoms with Crippen LogP contribution in [-0.4, -0.2) is 31.0 Å². The van der Waals surface area contributed by atoms with Crippen molar-refractivity contribution in [3.05, 3.63) is 18.7 Å². The monoisotopic (exact) mass is 231 g/mol. The Labute approximate surface area is 98.1 Å². The van der Waals surface area contributed by atoms with Crippen molar-refractivity contribution in [2.45, 2.75) is 12.8 Å². The van der Waals surface area contributed by atoms with E-state index in [1.54, 1.807) is 23.3 Å². The molecule has 7 nitrogen and oxygen atoms in total. The predicted molar refractivity (Wildman–Crippen MR) is 62.6 cm³/mol. The normalized spacial score (nSPS) is 14.8. The molecule has 2 aromatic heterocycles. The first kappa shape index (κ1) is 10.0. The zero-order valence-electron chi connectivity index (χ0n) is 9.24. The third-order valence-electron chi connectivity index (χ3n) is 2.62. The summed E-state index contributed by atoms with van der Waals surface area (Å²) in [5, 5.41) is 3.17. The Morgan fingerprint density at radius 3 is 2.94 bits per heavy atom. The highest BCUT2D eigenvalue weighted by Gasteiger charge is 2.21. The number of hydrogen-bond donors (Lipinski definition) is 2. The third-order valence-corrected chi connectivity index (χ3v) is 2.62. The van der Waals surface area contributed by atoms with Crippen LogP contribution in [0.2, 0.25) is 0 Å². The Bertz CT molecular complexity index is 503.